The van der Waals surface area contributed by atoms with Crippen LogP contribution >= 0.6 is 0 Å². The molecule has 2 aromatic rings. The lowest BCUT2D eigenvalue weighted by Gasteiger charge is -2.09. The van der Waals surface area contributed by atoms with E-state index in [-0.39, 0.29) is 0 Å². The predicted octanol–water partition coefficient (Wildman–Crippen LogP) is 2.72. The number of esters is 1. The summed E-state index contributed by atoms with van der Waals surface area (Å²) < 4.78 is 10.4. The van der Waals surface area contributed by atoms with Gasteiger partial charge in [0.1, 0.15) is 0 Å². The fourth-order valence-corrected chi connectivity index (χ4v) is 1.65. The summed E-state index contributed by atoms with van der Waals surface area (Å²) in [5.41, 5.74) is 1.08. The maximum absolute atomic E-state index is 11.9. The van der Waals surface area contributed by atoms with Crippen molar-refractivity contribution in [1.82, 2.24) is 0 Å². The minimum absolute atomic E-state index is 0.302. The Balaban J connectivity index is 2.23. The summed E-state index contributed by atoms with van der Waals surface area (Å²) in [5.74, 6) is 0.218. The normalized spacial score (nSPS) is 10.4. The molecule has 0 unspecified atom stereocenters. The number of ether oxygens (including phenoxy) is 2. The molecule has 102 valence electrons. The van der Waals surface area contributed by atoms with Crippen molar-refractivity contribution in [3.05, 3.63) is 59.7 Å². The Hall–Kier alpha value is -2.82. The van der Waals surface area contributed by atoms with Gasteiger partial charge < -0.3 is 14.7 Å². The van der Waals surface area contributed by atoms with Crippen LogP contribution in [0.4, 0.5) is 0 Å². The molecular formula is C15H13NO4. The highest BCUT2D eigenvalue weighted by atomic mass is 16.6. The summed E-state index contributed by atoms with van der Waals surface area (Å²) in [6.07, 6.45) is 1.26. The van der Waals surface area contributed by atoms with Crippen LogP contribution in [0.2, 0.25) is 0 Å². The number of methoxy groups -OCH3 is 1. The Morgan fingerprint density at radius 3 is 2.55 bits per heavy atom. The van der Waals surface area contributed by atoms with Crippen molar-refractivity contribution in [3.8, 4) is 11.5 Å². The van der Waals surface area contributed by atoms with E-state index < -0.39 is 5.97 Å². The number of benzene rings is 2. The van der Waals surface area contributed by atoms with Gasteiger partial charge in [-0.05, 0) is 30.3 Å². The topological polar surface area (TPSA) is 68.1 Å². The van der Waals surface area contributed by atoms with Gasteiger partial charge >= 0.3 is 5.97 Å². The zero-order valence-electron chi connectivity index (χ0n) is 10.8. The van der Waals surface area contributed by atoms with Crippen molar-refractivity contribution in [2.75, 3.05) is 7.11 Å². The molecule has 2 aromatic carbocycles. The van der Waals surface area contributed by atoms with Gasteiger partial charge in [0, 0.05) is 5.56 Å². The molecule has 0 aliphatic carbocycles. The highest BCUT2D eigenvalue weighted by molar-refractivity contribution is 5.91. The van der Waals surface area contributed by atoms with E-state index >= 15 is 0 Å². The van der Waals surface area contributed by atoms with E-state index in [0.717, 1.165) is 0 Å². The highest BCUT2D eigenvalue weighted by Crippen LogP contribution is 2.28. The second-order valence-corrected chi connectivity index (χ2v) is 3.91. The Bertz CT molecular complexity index is 623. The summed E-state index contributed by atoms with van der Waals surface area (Å²) in [5, 5.41) is 11.4. The number of oxime groups is 1. The molecule has 0 atom stereocenters. The second-order valence-electron chi connectivity index (χ2n) is 3.91. The molecule has 0 radical (unpaired) electrons. The second kappa shape index (κ2) is 6.38. The third-order valence-electron chi connectivity index (χ3n) is 2.61. The first kappa shape index (κ1) is 13.6. The maximum atomic E-state index is 11.9. The zero-order chi connectivity index (χ0) is 14.4. The van der Waals surface area contributed by atoms with Gasteiger partial charge in [-0.2, -0.15) is 0 Å². The van der Waals surface area contributed by atoms with Gasteiger partial charge in [0.15, 0.2) is 11.5 Å². The number of carbonyl (C=O) groups is 1. The number of carbonyl (C=O) groups excluding carboxylic acids is 1. The minimum atomic E-state index is -0.465. The first-order valence-corrected chi connectivity index (χ1v) is 5.87. The van der Waals surface area contributed by atoms with Gasteiger partial charge in [0.2, 0.25) is 0 Å². The molecule has 0 saturated heterocycles. The maximum Gasteiger partial charge on any atom is 0.343 e. The van der Waals surface area contributed by atoms with Crippen molar-refractivity contribution in [2.45, 2.75) is 0 Å². The van der Waals surface area contributed by atoms with Crippen LogP contribution in [0.15, 0.2) is 53.7 Å². The highest BCUT2D eigenvalue weighted by Gasteiger charge is 2.12. The van der Waals surface area contributed by atoms with Crippen LogP contribution in [0.5, 0.6) is 11.5 Å². The van der Waals surface area contributed by atoms with E-state index in [2.05, 4.69) is 5.16 Å². The average molecular weight is 271 g/mol. The molecule has 0 aliphatic heterocycles. The molecular weight excluding hydrogens is 258 g/mol. The fraction of sp³-hybridized carbons (Fsp3) is 0.0667. The van der Waals surface area contributed by atoms with Crippen LogP contribution in [0.1, 0.15) is 15.9 Å². The minimum Gasteiger partial charge on any atom is -0.493 e. The Morgan fingerprint density at radius 2 is 1.90 bits per heavy atom. The van der Waals surface area contributed by atoms with Crippen molar-refractivity contribution in [1.29, 1.82) is 0 Å². The summed E-state index contributed by atoms with van der Waals surface area (Å²) >= 11 is 0. The third-order valence-corrected chi connectivity index (χ3v) is 2.61. The van der Waals surface area contributed by atoms with Gasteiger partial charge in [0.25, 0.3) is 0 Å². The molecule has 1 N–H and O–H groups in total. The van der Waals surface area contributed by atoms with E-state index in [1.807, 2.05) is 6.07 Å². The monoisotopic (exact) mass is 271 g/mol. The van der Waals surface area contributed by atoms with E-state index in [1.54, 1.807) is 42.5 Å². The number of hydrogen-bond acceptors (Lipinski definition) is 5. The van der Waals surface area contributed by atoms with Crippen molar-refractivity contribution in [3.63, 3.8) is 0 Å². The third kappa shape index (κ3) is 3.14. The smallest absolute Gasteiger partial charge is 0.343 e. The standard InChI is InChI=1S/C15H13NO4/c1-19-14-9-11(10-16-18)7-8-13(14)20-15(17)12-5-3-2-4-6-12/h2-10,18H,1H3/b16-10-. The van der Waals surface area contributed by atoms with Gasteiger partial charge in [0.05, 0.1) is 18.9 Å². The Kier molecular flexibility index (Phi) is 4.34. The molecule has 20 heavy (non-hydrogen) atoms. The van der Waals surface area contributed by atoms with Gasteiger partial charge in [-0.3, -0.25) is 0 Å². The first-order chi connectivity index (χ1) is 9.74. The number of nitrogens with zero attached hydrogens (tertiary/aromatic N) is 1. The van der Waals surface area contributed by atoms with Crippen LogP contribution < -0.4 is 9.47 Å². The average Bonchev–Trinajstić information content (AvgIpc) is 2.50. The Morgan fingerprint density at radius 1 is 1.15 bits per heavy atom. The fourth-order valence-electron chi connectivity index (χ4n) is 1.65. The van der Waals surface area contributed by atoms with Crippen LogP contribution in [0.3, 0.4) is 0 Å². The predicted molar refractivity (Wildman–Crippen MR) is 73.8 cm³/mol. The molecule has 0 amide bonds. The van der Waals surface area contributed by atoms with E-state index in [9.17, 15) is 4.79 Å². The SMILES string of the molecule is COc1cc(/C=N\O)ccc1OC(=O)c1ccccc1. The molecule has 0 aliphatic rings. The summed E-state index contributed by atoms with van der Waals surface area (Å²) in [6, 6.07) is 13.5. The summed E-state index contributed by atoms with van der Waals surface area (Å²) in [7, 11) is 1.47. The van der Waals surface area contributed by atoms with E-state index in [0.29, 0.717) is 22.6 Å². The zero-order valence-corrected chi connectivity index (χ0v) is 10.8. The van der Waals surface area contributed by atoms with E-state index in [1.165, 1.54) is 13.3 Å². The van der Waals surface area contributed by atoms with Crippen molar-refractivity contribution in [2.24, 2.45) is 5.16 Å². The number of hydrogen-bond donors (Lipinski definition) is 1. The van der Waals surface area contributed by atoms with Crippen molar-refractivity contribution >= 4 is 12.2 Å². The largest absolute Gasteiger partial charge is 0.493 e. The summed E-state index contributed by atoms with van der Waals surface area (Å²) in [4.78, 5) is 11.9. The molecule has 0 spiro atoms. The van der Waals surface area contributed by atoms with Crippen LogP contribution in [-0.2, 0) is 0 Å². The number of rotatable bonds is 4. The van der Waals surface area contributed by atoms with E-state index in [4.69, 9.17) is 14.7 Å². The molecule has 2 rings (SSSR count). The summed E-state index contributed by atoms with van der Waals surface area (Å²) in [6.45, 7) is 0. The van der Waals surface area contributed by atoms with Crippen molar-refractivity contribution < 1.29 is 19.5 Å². The molecule has 0 aromatic heterocycles. The Labute approximate surface area is 116 Å². The van der Waals surface area contributed by atoms with Crippen LogP contribution in [0, 0.1) is 0 Å². The van der Waals surface area contributed by atoms with Crippen LogP contribution in [-0.4, -0.2) is 24.5 Å². The molecule has 5 nitrogen and oxygen atoms in total. The molecule has 0 fully saturated rings. The lowest BCUT2D eigenvalue weighted by molar-refractivity contribution is 0.0729. The first-order valence-electron chi connectivity index (χ1n) is 5.87. The molecule has 0 bridgehead atoms. The molecule has 5 heteroatoms. The lowest BCUT2D eigenvalue weighted by Crippen LogP contribution is -2.09. The van der Waals surface area contributed by atoms with Gasteiger partial charge in [-0.15, -0.1) is 0 Å². The lowest BCUT2D eigenvalue weighted by atomic mass is 10.2. The van der Waals surface area contributed by atoms with Crippen LogP contribution in [0.25, 0.3) is 0 Å². The molecule has 0 heterocycles. The van der Waals surface area contributed by atoms with Gasteiger partial charge in [-0.25, -0.2) is 4.79 Å². The quantitative estimate of drug-likeness (QED) is 0.305. The molecule has 0 saturated carbocycles. The van der Waals surface area contributed by atoms with Gasteiger partial charge in [-0.1, -0.05) is 23.4 Å².